The molecule has 0 bridgehead atoms. The first-order chi connectivity index (χ1) is 9.72. The normalized spacial score (nSPS) is 20.2. The van der Waals surface area contributed by atoms with Crippen LogP contribution in [0.25, 0.3) is 11.4 Å². The predicted molar refractivity (Wildman–Crippen MR) is 78.5 cm³/mol. The minimum Gasteiger partial charge on any atom is -0.338 e. The molecule has 0 unspecified atom stereocenters. The van der Waals surface area contributed by atoms with E-state index in [9.17, 15) is 0 Å². The van der Waals surface area contributed by atoms with E-state index in [1.54, 1.807) is 0 Å². The smallest absolute Gasteiger partial charge is 0.241 e. The van der Waals surface area contributed by atoms with Crippen LogP contribution in [0.15, 0.2) is 28.8 Å². The Hall–Kier alpha value is -1.39. The van der Waals surface area contributed by atoms with Crippen LogP contribution in [-0.2, 0) is 6.54 Å². The lowest BCUT2D eigenvalue weighted by Gasteiger charge is -2.31. The van der Waals surface area contributed by atoms with E-state index < -0.39 is 0 Å². The van der Waals surface area contributed by atoms with Crippen LogP contribution in [0.4, 0.5) is 0 Å². The first kappa shape index (κ1) is 13.6. The Morgan fingerprint density at radius 3 is 2.85 bits per heavy atom. The topological polar surface area (TPSA) is 42.2 Å². The van der Waals surface area contributed by atoms with Gasteiger partial charge in [-0.3, -0.25) is 4.90 Å². The second-order valence-corrected chi connectivity index (χ2v) is 5.77. The Balaban J connectivity index is 1.71. The molecule has 1 aromatic heterocycles. The van der Waals surface area contributed by atoms with Crippen LogP contribution in [0.1, 0.15) is 32.1 Å². The number of halogens is 1. The molecule has 1 aliphatic heterocycles. The Kier molecular flexibility index (Phi) is 4.03. The Morgan fingerprint density at radius 2 is 2.10 bits per heavy atom. The first-order valence-electron chi connectivity index (χ1n) is 7.05. The summed E-state index contributed by atoms with van der Waals surface area (Å²) in [6.07, 6.45) is 3.82. The molecule has 0 saturated carbocycles. The molecule has 5 heteroatoms. The molecule has 1 aliphatic rings. The van der Waals surface area contributed by atoms with Crippen LogP contribution < -0.4 is 0 Å². The standard InChI is InChI=1S/C15H18ClN3O/c1-11-4-2-3-9-19(11)10-14-17-15(18-20-14)12-5-7-13(16)8-6-12/h5-8,11H,2-4,9-10H2,1H3/t11-/m1/s1. The second kappa shape index (κ2) is 5.94. The second-order valence-electron chi connectivity index (χ2n) is 5.33. The predicted octanol–water partition coefficient (Wildman–Crippen LogP) is 3.76. The number of hydrogen-bond donors (Lipinski definition) is 0. The summed E-state index contributed by atoms with van der Waals surface area (Å²) in [6.45, 7) is 4.11. The van der Waals surface area contributed by atoms with Gasteiger partial charge in [0.15, 0.2) is 0 Å². The van der Waals surface area contributed by atoms with E-state index in [2.05, 4.69) is 22.0 Å². The van der Waals surface area contributed by atoms with Crippen molar-refractivity contribution >= 4 is 11.6 Å². The van der Waals surface area contributed by atoms with Gasteiger partial charge in [0, 0.05) is 16.6 Å². The summed E-state index contributed by atoms with van der Waals surface area (Å²) < 4.78 is 5.36. The number of likely N-dealkylation sites (tertiary alicyclic amines) is 1. The van der Waals surface area contributed by atoms with Gasteiger partial charge in [0.2, 0.25) is 11.7 Å². The minimum absolute atomic E-state index is 0.592. The zero-order valence-corrected chi connectivity index (χ0v) is 12.3. The van der Waals surface area contributed by atoms with Crippen molar-refractivity contribution in [1.29, 1.82) is 0 Å². The van der Waals surface area contributed by atoms with Gasteiger partial charge in [-0.15, -0.1) is 0 Å². The molecule has 0 radical (unpaired) electrons. The SMILES string of the molecule is C[C@@H]1CCCCN1Cc1nc(-c2ccc(Cl)cc2)no1. The van der Waals surface area contributed by atoms with Crippen molar-refractivity contribution < 1.29 is 4.52 Å². The highest BCUT2D eigenvalue weighted by Gasteiger charge is 2.20. The van der Waals surface area contributed by atoms with E-state index in [-0.39, 0.29) is 0 Å². The molecule has 1 atom stereocenters. The fourth-order valence-electron chi connectivity index (χ4n) is 2.60. The molecule has 0 amide bonds. The lowest BCUT2D eigenvalue weighted by molar-refractivity contribution is 0.135. The molecule has 1 saturated heterocycles. The molecule has 4 nitrogen and oxygen atoms in total. The number of nitrogens with zero attached hydrogens (tertiary/aromatic N) is 3. The van der Waals surface area contributed by atoms with Crippen LogP contribution >= 0.6 is 11.6 Å². The quantitative estimate of drug-likeness (QED) is 0.863. The molecule has 2 aromatic rings. The zero-order chi connectivity index (χ0) is 13.9. The first-order valence-corrected chi connectivity index (χ1v) is 7.43. The van der Waals surface area contributed by atoms with E-state index in [4.69, 9.17) is 16.1 Å². The largest absolute Gasteiger partial charge is 0.338 e. The van der Waals surface area contributed by atoms with Gasteiger partial charge in [-0.1, -0.05) is 23.2 Å². The highest BCUT2D eigenvalue weighted by Crippen LogP contribution is 2.21. The van der Waals surface area contributed by atoms with Gasteiger partial charge in [-0.2, -0.15) is 4.98 Å². The fraction of sp³-hybridized carbons (Fsp3) is 0.467. The average molecular weight is 292 g/mol. The molecular weight excluding hydrogens is 274 g/mol. The van der Waals surface area contributed by atoms with Crippen LogP contribution in [0.3, 0.4) is 0 Å². The zero-order valence-electron chi connectivity index (χ0n) is 11.6. The molecule has 106 valence electrons. The Bertz CT molecular complexity index is 567. The molecule has 20 heavy (non-hydrogen) atoms. The van der Waals surface area contributed by atoms with E-state index in [0.717, 1.165) is 18.7 Å². The van der Waals surface area contributed by atoms with Gasteiger partial charge in [0.25, 0.3) is 0 Å². The maximum atomic E-state index is 5.88. The summed E-state index contributed by atoms with van der Waals surface area (Å²) in [6, 6.07) is 8.06. The molecular formula is C15H18ClN3O. The number of benzene rings is 1. The van der Waals surface area contributed by atoms with Crippen molar-refractivity contribution in [3.8, 4) is 11.4 Å². The van der Waals surface area contributed by atoms with Crippen molar-refractivity contribution in [2.24, 2.45) is 0 Å². The van der Waals surface area contributed by atoms with Crippen molar-refractivity contribution in [2.75, 3.05) is 6.54 Å². The van der Waals surface area contributed by atoms with Gasteiger partial charge in [0.05, 0.1) is 6.54 Å². The highest BCUT2D eigenvalue weighted by molar-refractivity contribution is 6.30. The fourth-order valence-corrected chi connectivity index (χ4v) is 2.73. The molecule has 0 N–H and O–H groups in total. The highest BCUT2D eigenvalue weighted by atomic mass is 35.5. The average Bonchev–Trinajstić information content (AvgIpc) is 2.91. The van der Waals surface area contributed by atoms with Crippen LogP contribution in [0, 0.1) is 0 Å². The summed E-state index contributed by atoms with van der Waals surface area (Å²) in [5.41, 5.74) is 0.927. The van der Waals surface area contributed by atoms with Crippen LogP contribution in [0.2, 0.25) is 5.02 Å². The van der Waals surface area contributed by atoms with E-state index in [0.29, 0.717) is 22.8 Å². The van der Waals surface area contributed by atoms with Crippen molar-refractivity contribution in [3.63, 3.8) is 0 Å². The maximum absolute atomic E-state index is 5.88. The molecule has 3 rings (SSSR count). The maximum Gasteiger partial charge on any atom is 0.241 e. The summed E-state index contributed by atoms with van der Waals surface area (Å²) in [5, 5.41) is 4.76. The Labute approximate surface area is 123 Å². The molecule has 2 heterocycles. The number of piperidine rings is 1. The molecule has 0 aliphatic carbocycles. The van der Waals surface area contributed by atoms with E-state index >= 15 is 0 Å². The van der Waals surface area contributed by atoms with Gasteiger partial charge in [0.1, 0.15) is 0 Å². The summed E-state index contributed by atoms with van der Waals surface area (Å²) >= 11 is 5.88. The third-order valence-electron chi connectivity index (χ3n) is 3.85. The lowest BCUT2D eigenvalue weighted by atomic mass is 10.0. The number of aromatic nitrogens is 2. The third-order valence-corrected chi connectivity index (χ3v) is 4.10. The van der Waals surface area contributed by atoms with E-state index in [1.165, 1.54) is 19.3 Å². The monoisotopic (exact) mass is 291 g/mol. The summed E-state index contributed by atoms with van der Waals surface area (Å²) in [4.78, 5) is 6.88. The van der Waals surface area contributed by atoms with Gasteiger partial charge in [-0.05, 0) is 50.6 Å². The molecule has 0 spiro atoms. The third kappa shape index (κ3) is 3.02. The van der Waals surface area contributed by atoms with Gasteiger partial charge < -0.3 is 4.52 Å². The summed E-state index contributed by atoms with van der Waals surface area (Å²) in [7, 11) is 0. The van der Waals surface area contributed by atoms with Crippen LogP contribution in [0.5, 0.6) is 0 Å². The Morgan fingerprint density at radius 1 is 1.30 bits per heavy atom. The summed E-state index contributed by atoms with van der Waals surface area (Å²) in [5.74, 6) is 1.31. The van der Waals surface area contributed by atoms with Crippen molar-refractivity contribution in [2.45, 2.75) is 38.8 Å². The minimum atomic E-state index is 0.592. The van der Waals surface area contributed by atoms with Crippen molar-refractivity contribution in [3.05, 3.63) is 35.2 Å². The van der Waals surface area contributed by atoms with Crippen molar-refractivity contribution in [1.82, 2.24) is 15.0 Å². The number of hydrogen-bond acceptors (Lipinski definition) is 4. The van der Waals surface area contributed by atoms with E-state index in [1.807, 2.05) is 24.3 Å². The number of rotatable bonds is 3. The van der Waals surface area contributed by atoms with Crippen LogP contribution in [-0.4, -0.2) is 27.6 Å². The lowest BCUT2D eigenvalue weighted by Crippen LogP contribution is -2.36. The van der Waals surface area contributed by atoms with Gasteiger partial charge in [-0.25, -0.2) is 0 Å². The molecule has 1 aromatic carbocycles. The molecule has 1 fully saturated rings. The van der Waals surface area contributed by atoms with Gasteiger partial charge >= 0.3 is 0 Å².